The summed E-state index contributed by atoms with van der Waals surface area (Å²) in [5.41, 5.74) is 2.24. The molecule has 1 aliphatic heterocycles. The van der Waals surface area contributed by atoms with Crippen molar-refractivity contribution in [3.05, 3.63) is 29.3 Å². The summed E-state index contributed by atoms with van der Waals surface area (Å²) in [7, 11) is 0.663. The molecule has 5 heteroatoms. The molecule has 1 saturated heterocycles. The highest BCUT2D eigenvalue weighted by Gasteiger charge is 2.35. The molecule has 0 unspecified atom stereocenters. The molecule has 1 aliphatic rings. The molecular formula is C16H27BN2O2. The Hall–Kier alpha value is -0.875. The summed E-state index contributed by atoms with van der Waals surface area (Å²) in [6, 6.07) is 5.92. The van der Waals surface area contributed by atoms with Gasteiger partial charge in [0, 0.05) is 20.1 Å². The molecule has 2 rings (SSSR count). The summed E-state index contributed by atoms with van der Waals surface area (Å²) >= 11 is 0. The van der Waals surface area contributed by atoms with Gasteiger partial charge in [-0.05, 0) is 44.6 Å². The standard InChI is InChI=1S/C16H27BN2O2/c1-13-9-8-10-14(15(13)17(20)21)16(2,3)18(4)19-11-6-5-7-12-19/h8-10,20-21H,5-7,11-12H2,1-4H3. The van der Waals surface area contributed by atoms with Crippen molar-refractivity contribution in [2.75, 3.05) is 20.1 Å². The normalized spacial score (nSPS) is 17.3. The van der Waals surface area contributed by atoms with E-state index in [-0.39, 0.29) is 5.54 Å². The third kappa shape index (κ3) is 3.32. The maximum absolute atomic E-state index is 9.76. The molecule has 21 heavy (non-hydrogen) atoms. The first kappa shape index (κ1) is 16.5. The van der Waals surface area contributed by atoms with Crippen LogP contribution in [0.25, 0.3) is 0 Å². The lowest BCUT2D eigenvalue weighted by Crippen LogP contribution is -2.54. The minimum absolute atomic E-state index is 0.289. The number of piperidine rings is 1. The van der Waals surface area contributed by atoms with Gasteiger partial charge >= 0.3 is 7.12 Å². The average molecular weight is 290 g/mol. The van der Waals surface area contributed by atoms with Crippen molar-refractivity contribution in [3.8, 4) is 0 Å². The molecular weight excluding hydrogens is 263 g/mol. The van der Waals surface area contributed by atoms with E-state index < -0.39 is 7.12 Å². The molecule has 0 atom stereocenters. The minimum Gasteiger partial charge on any atom is -0.423 e. The van der Waals surface area contributed by atoms with Gasteiger partial charge in [0.2, 0.25) is 0 Å². The molecule has 0 amide bonds. The zero-order valence-corrected chi connectivity index (χ0v) is 13.6. The van der Waals surface area contributed by atoms with Crippen LogP contribution in [0.2, 0.25) is 0 Å². The Morgan fingerprint density at radius 2 is 1.76 bits per heavy atom. The number of hydrazine groups is 1. The van der Waals surface area contributed by atoms with Crippen LogP contribution in [0, 0.1) is 6.92 Å². The molecule has 0 bridgehead atoms. The topological polar surface area (TPSA) is 46.9 Å². The summed E-state index contributed by atoms with van der Waals surface area (Å²) < 4.78 is 0. The van der Waals surface area contributed by atoms with Gasteiger partial charge < -0.3 is 10.0 Å². The van der Waals surface area contributed by atoms with E-state index in [0.717, 1.165) is 24.2 Å². The molecule has 0 aliphatic carbocycles. The second-order valence-corrected chi connectivity index (χ2v) is 6.51. The molecule has 0 aromatic heterocycles. The van der Waals surface area contributed by atoms with Gasteiger partial charge in [0.1, 0.15) is 0 Å². The number of hydrogen-bond donors (Lipinski definition) is 2. The highest BCUT2D eigenvalue weighted by atomic mass is 16.4. The smallest absolute Gasteiger partial charge is 0.423 e. The Bertz CT molecular complexity index is 485. The first-order valence-electron chi connectivity index (χ1n) is 7.80. The zero-order valence-electron chi connectivity index (χ0n) is 13.6. The van der Waals surface area contributed by atoms with Crippen molar-refractivity contribution in [2.45, 2.75) is 45.6 Å². The lowest BCUT2D eigenvalue weighted by atomic mass is 9.70. The summed E-state index contributed by atoms with van der Waals surface area (Å²) in [6.07, 6.45) is 3.75. The lowest BCUT2D eigenvalue weighted by Gasteiger charge is -2.45. The molecule has 4 nitrogen and oxygen atoms in total. The summed E-state index contributed by atoms with van der Waals surface area (Å²) in [4.78, 5) is 0. The van der Waals surface area contributed by atoms with Crippen molar-refractivity contribution in [1.29, 1.82) is 0 Å². The van der Waals surface area contributed by atoms with Crippen LogP contribution in [-0.2, 0) is 5.54 Å². The molecule has 0 saturated carbocycles. The third-order valence-corrected chi connectivity index (χ3v) is 4.81. The molecule has 0 spiro atoms. The number of hydrogen-bond acceptors (Lipinski definition) is 4. The van der Waals surface area contributed by atoms with Crippen LogP contribution in [0.3, 0.4) is 0 Å². The van der Waals surface area contributed by atoms with Crippen molar-refractivity contribution < 1.29 is 10.0 Å². The van der Waals surface area contributed by atoms with Crippen molar-refractivity contribution in [3.63, 3.8) is 0 Å². The molecule has 0 radical (unpaired) electrons. The zero-order chi connectivity index (χ0) is 15.6. The van der Waals surface area contributed by atoms with Crippen LogP contribution >= 0.6 is 0 Å². The van der Waals surface area contributed by atoms with Gasteiger partial charge in [-0.3, -0.25) is 0 Å². The van der Waals surface area contributed by atoms with Gasteiger partial charge in [-0.2, -0.15) is 0 Å². The molecule has 116 valence electrons. The molecule has 1 aromatic rings. The number of nitrogens with zero attached hydrogens (tertiary/aromatic N) is 2. The highest BCUT2D eigenvalue weighted by Crippen LogP contribution is 2.29. The second kappa shape index (κ2) is 6.49. The maximum Gasteiger partial charge on any atom is 0.489 e. The highest BCUT2D eigenvalue weighted by molar-refractivity contribution is 6.59. The maximum atomic E-state index is 9.76. The van der Waals surface area contributed by atoms with Gasteiger partial charge in [-0.1, -0.05) is 30.2 Å². The van der Waals surface area contributed by atoms with Gasteiger partial charge in [-0.25, -0.2) is 10.0 Å². The number of benzene rings is 1. The quantitative estimate of drug-likeness (QED) is 0.819. The molecule has 2 N–H and O–H groups in total. The summed E-state index contributed by atoms with van der Waals surface area (Å²) in [5.74, 6) is 0. The Kier molecular flexibility index (Phi) is 5.09. The molecule has 1 aromatic carbocycles. The molecule has 1 fully saturated rings. The third-order valence-electron chi connectivity index (χ3n) is 4.81. The van der Waals surface area contributed by atoms with Gasteiger partial charge in [-0.15, -0.1) is 0 Å². The Morgan fingerprint density at radius 3 is 2.33 bits per heavy atom. The van der Waals surface area contributed by atoms with E-state index in [1.807, 2.05) is 25.1 Å². The Morgan fingerprint density at radius 1 is 1.14 bits per heavy atom. The predicted octanol–water partition coefficient (Wildman–Crippen LogP) is 1.24. The van der Waals surface area contributed by atoms with Gasteiger partial charge in [0.15, 0.2) is 0 Å². The fourth-order valence-corrected chi connectivity index (χ4v) is 3.26. The van der Waals surface area contributed by atoms with E-state index in [9.17, 15) is 10.0 Å². The van der Waals surface area contributed by atoms with Crippen LogP contribution in [-0.4, -0.2) is 47.3 Å². The summed E-state index contributed by atoms with van der Waals surface area (Å²) in [6.45, 7) is 8.35. The van der Waals surface area contributed by atoms with E-state index in [4.69, 9.17) is 0 Å². The lowest BCUT2D eigenvalue weighted by molar-refractivity contribution is -0.0889. The molecule has 1 heterocycles. The van der Waals surface area contributed by atoms with E-state index in [1.54, 1.807) is 0 Å². The summed E-state index contributed by atoms with van der Waals surface area (Å²) in [5, 5.41) is 24.2. The van der Waals surface area contributed by atoms with Gasteiger partial charge in [0.05, 0.1) is 5.54 Å². The van der Waals surface area contributed by atoms with E-state index in [0.29, 0.717) is 5.46 Å². The van der Waals surface area contributed by atoms with E-state index in [1.165, 1.54) is 19.3 Å². The second-order valence-electron chi connectivity index (χ2n) is 6.51. The SMILES string of the molecule is Cc1cccc(C(C)(C)N(C)N2CCCCC2)c1B(O)O. The first-order chi connectivity index (χ1) is 9.85. The average Bonchev–Trinajstić information content (AvgIpc) is 2.46. The number of rotatable bonds is 4. The Labute approximate surface area is 128 Å². The fraction of sp³-hybridized carbons (Fsp3) is 0.625. The van der Waals surface area contributed by atoms with Crippen molar-refractivity contribution in [1.82, 2.24) is 10.0 Å². The van der Waals surface area contributed by atoms with E-state index in [2.05, 4.69) is 30.9 Å². The van der Waals surface area contributed by atoms with Crippen LogP contribution in [0.1, 0.15) is 44.2 Å². The largest absolute Gasteiger partial charge is 0.489 e. The first-order valence-corrected chi connectivity index (χ1v) is 7.80. The number of aryl methyl sites for hydroxylation is 1. The fourth-order valence-electron chi connectivity index (χ4n) is 3.26. The monoisotopic (exact) mass is 290 g/mol. The van der Waals surface area contributed by atoms with Crippen LogP contribution in [0.4, 0.5) is 0 Å². The van der Waals surface area contributed by atoms with Crippen LogP contribution in [0.15, 0.2) is 18.2 Å². The van der Waals surface area contributed by atoms with Crippen LogP contribution < -0.4 is 5.46 Å². The Balaban J connectivity index is 2.36. The van der Waals surface area contributed by atoms with Gasteiger partial charge in [0.25, 0.3) is 0 Å². The van der Waals surface area contributed by atoms with Crippen molar-refractivity contribution >= 4 is 12.6 Å². The van der Waals surface area contributed by atoms with E-state index >= 15 is 0 Å². The minimum atomic E-state index is -1.43. The van der Waals surface area contributed by atoms with Crippen molar-refractivity contribution in [2.24, 2.45) is 0 Å². The predicted molar refractivity (Wildman–Crippen MR) is 87.2 cm³/mol. The van der Waals surface area contributed by atoms with Crippen LogP contribution in [0.5, 0.6) is 0 Å².